The molecule has 1 unspecified atom stereocenters. The summed E-state index contributed by atoms with van der Waals surface area (Å²) in [7, 11) is 1.86. The Hall–Kier alpha value is -0.120. The summed E-state index contributed by atoms with van der Waals surface area (Å²) in [6.07, 6.45) is 2.66. The number of piperidine rings is 1. The summed E-state index contributed by atoms with van der Waals surface area (Å²) >= 11 is 0. The van der Waals surface area contributed by atoms with E-state index in [1.54, 1.807) is 0 Å². The van der Waals surface area contributed by atoms with Crippen LogP contribution >= 0.6 is 24.0 Å². The Morgan fingerprint density at radius 3 is 2.35 bits per heavy atom. The first-order chi connectivity index (χ1) is 12.1. The molecule has 2 heterocycles. The summed E-state index contributed by atoms with van der Waals surface area (Å²) in [6.45, 7) is 16.2. The highest BCUT2D eigenvalue weighted by molar-refractivity contribution is 14.0. The number of guanidine groups is 1. The fraction of sp³-hybridized carbons (Fsp3) is 0.947. The predicted octanol–water partition coefficient (Wildman–Crippen LogP) is 1.86. The van der Waals surface area contributed by atoms with Crippen molar-refractivity contribution < 1.29 is 4.74 Å². The number of likely N-dealkylation sites (tertiary alicyclic amines) is 1. The summed E-state index contributed by atoms with van der Waals surface area (Å²) in [5, 5.41) is 7.01. The van der Waals surface area contributed by atoms with E-state index >= 15 is 0 Å². The van der Waals surface area contributed by atoms with Gasteiger partial charge in [0.25, 0.3) is 0 Å². The summed E-state index contributed by atoms with van der Waals surface area (Å²) in [4.78, 5) is 9.50. The molecule has 2 aliphatic rings. The van der Waals surface area contributed by atoms with Crippen molar-refractivity contribution in [1.82, 2.24) is 20.4 Å². The van der Waals surface area contributed by atoms with Gasteiger partial charge in [-0.1, -0.05) is 20.8 Å². The monoisotopic (exact) mass is 481 g/mol. The summed E-state index contributed by atoms with van der Waals surface area (Å²) in [6, 6.07) is 0.574. The van der Waals surface area contributed by atoms with Crippen molar-refractivity contribution in [2.45, 2.75) is 39.7 Å². The molecule has 0 radical (unpaired) electrons. The molecule has 2 rings (SSSR count). The number of hydrogen-bond acceptors (Lipinski definition) is 4. The fourth-order valence-electron chi connectivity index (χ4n) is 3.73. The number of nitrogens with zero attached hydrogens (tertiary/aromatic N) is 3. The molecule has 154 valence electrons. The van der Waals surface area contributed by atoms with Crippen LogP contribution < -0.4 is 10.6 Å². The third-order valence-corrected chi connectivity index (χ3v) is 5.58. The zero-order valence-corrected chi connectivity index (χ0v) is 19.5. The number of halogens is 1. The Balaban J connectivity index is 0.00000338. The van der Waals surface area contributed by atoms with Gasteiger partial charge in [0, 0.05) is 45.8 Å². The van der Waals surface area contributed by atoms with E-state index in [-0.39, 0.29) is 24.0 Å². The Labute approximate surface area is 177 Å². The van der Waals surface area contributed by atoms with Crippen LogP contribution in [0, 0.1) is 11.8 Å². The molecule has 2 aliphatic heterocycles. The van der Waals surface area contributed by atoms with Crippen molar-refractivity contribution in [2.75, 3.05) is 66.1 Å². The third-order valence-electron chi connectivity index (χ3n) is 5.58. The highest BCUT2D eigenvalue weighted by Gasteiger charge is 2.25. The first kappa shape index (κ1) is 23.9. The third kappa shape index (κ3) is 8.27. The van der Waals surface area contributed by atoms with Crippen molar-refractivity contribution in [3.05, 3.63) is 0 Å². The van der Waals surface area contributed by atoms with Gasteiger partial charge < -0.3 is 15.4 Å². The van der Waals surface area contributed by atoms with Gasteiger partial charge in [-0.15, -0.1) is 24.0 Å². The topological polar surface area (TPSA) is 52.1 Å². The molecule has 1 atom stereocenters. The van der Waals surface area contributed by atoms with Crippen molar-refractivity contribution in [1.29, 1.82) is 0 Å². The first-order valence-corrected chi connectivity index (χ1v) is 10.1. The second-order valence-electron chi connectivity index (χ2n) is 7.86. The van der Waals surface area contributed by atoms with Gasteiger partial charge in [-0.3, -0.25) is 14.8 Å². The van der Waals surface area contributed by atoms with E-state index in [4.69, 9.17) is 4.74 Å². The largest absolute Gasteiger partial charge is 0.379 e. The van der Waals surface area contributed by atoms with Gasteiger partial charge in [0.2, 0.25) is 0 Å². The molecule has 6 nitrogen and oxygen atoms in total. The molecule has 0 spiro atoms. The van der Waals surface area contributed by atoms with E-state index in [9.17, 15) is 0 Å². The average Bonchev–Trinajstić information content (AvgIpc) is 2.62. The van der Waals surface area contributed by atoms with Crippen molar-refractivity contribution in [2.24, 2.45) is 16.8 Å². The molecule has 2 fully saturated rings. The van der Waals surface area contributed by atoms with Crippen LogP contribution in [0.5, 0.6) is 0 Å². The van der Waals surface area contributed by atoms with Crippen LogP contribution in [-0.2, 0) is 4.74 Å². The van der Waals surface area contributed by atoms with Crippen molar-refractivity contribution in [3.8, 4) is 0 Å². The van der Waals surface area contributed by atoms with E-state index in [0.717, 1.165) is 57.8 Å². The van der Waals surface area contributed by atoms with E-state index in [1.165, 1.54) is 25.9 Å². The molecule has 0 aromatic heterocycles. The van der Waals surface area contributed by atoms with Gasteiger partial charge in [0.15, 0.2) is 5.96 Å². The zero-order valence-electron chi connectivity index (χ0n) is 17.2. The van der Waals surface area contributed by atoms with Crippen LogP contribution in [0.25, 0.3) is 0 Å². The smallest absolute Gasteiger partial charge is 0.191 e. The Bertz CT molecular complexity index is 393. The molecule has 0 aromatic carbocycles. The van der Waals surface area contributed by atoms with Gasteiger partial charge in [-0.05, 0) is 37.8 Å². The molecule has 7 heteroatoms. The lowest BCUT2D eigenvalue weighted by molar-refractivity contribution is 0.0389. The lowest BCUT2D eigenvalue weighted by Gasteiger charge is -2.39. The highest BCUT2D eigenvalue weighted by atomic mass is 127. The molecule has 0 amide bonds. The number of morpholine rings is 1. The molecule has 0 aliphatic carbocycles. The Kier molecular flexibility index (Phi) is 12.1. The molecule has 0 bridgehead atoms. The van der Waals surface area contributed by atoms with E-state index in [0.29, 0.717) is 12.0 Å². The molecule has 2 N–H and O–H groups in total. The van der Waals surface area contributed by atoms with E-state index in [2.05, 4.69) is 46.2 Å². The number of hydrogen-bond donors (Lipinski definition) is 2. The minimum Gasteiger partial charge on any atom is -0.379 e. The maximum absolute atomic E-state index is 5.40. The molecule has 26 heavy (non-hydrogen) atoms. The second-order valence-corrected chi connectivity index (χ2v) is 7.86. The molecule has 0 saturated carbocycles. The first-order valence-electron chi connectivity index (χ1n) is 10.1. The van der Waals surface area contributed by atoms with Crippen LogP contribution in [0.15, 0.2) is 4.99 Å². The van der Waals surface area contributed by atoms with Gasteiger partial charge in [0.05, 0.1) is 13.2 Å². The standard InChI is InChI=1S/C19H39N5O.HI/c1-16(2)18(24-8-5-17(3)6-9-24)15-22-19(20-4)21-7-10-23-11-13-25-14-12-23;/h16-18H,5-15H2,1-4H3,(H2,20,21,22);1H. The van der Waals surface area contributed by atoms with E-state index in [1.807, 2.05) is 7.05 Å². The van der Waals surface area contributed by atoms with Crippen molar-refractivity contribution in [3.63, 3.8) is 0 Å². The van der Waals surface area contributed by atoms with Crippen LogP contribution in [0.3, 0.4) is 0 Å². The van der Waals surface area contributed by atoms with Crippen LogP contribution in [0.1, 0.15) is 33.6 Å². The minimum absolute atomic E-state index is 0. The Morgan fingerprint density at radius 2 is 1.77 bits per heavy atom. The van der Waals surface area contributed by atoms with Crippen molar-refractivity contribution >= 4 is 29.9 Å². The van der Waals surface area contributed by atoms with E-state index < -0.39 is 0 Å². The zero-order chi connectivity index (χ0) is 18.1. The minimum atomic E-state index is 0. The van der Waals surface area contributed by atoms with Crippen LogP contribution in [0.2, 0.25) is 0 Å². The SMILES string of the molecule is CN=C(NCCN1CCOCC1)NCC(C(C)C)N1CCC(C)CC1.I. The summed E-state index contributed by atoms with van der Waals surface area (Å²) in [5.74, 6) is 2.45. The second kappa shape index (κ2) is 13.1. The lowest BCUT2D eigenvalue weighted by atomic mass is 9.94. The maximum Gasteiger partial charge on any atom is 0.191 e. The number of nitrogens with one attached hydrogen (secondary N) is 2. The quantitative estimate of drug-likeness (QED) is 0.331. The average molecular weight is 481 g/mol. The number of aliphatic imine (C=N–C) groups is 1. The molecular weight excluding hydrogens is 441 g/mol. The number of rotatable bonds is 7. The highest BCUT2D eigenvalue weighted by Crippen LogP contribution is 2.20. The van der Waals surface area contributed by atoms with Gasteiger partial charge in [-0.25, -0.2) is 0 Å². The predicted molar refractivity (Wildman–Crippen MR) is 121 cm³/mol. The molecule has 2 saturated heterocycles. The Morgan fingerprint density at radius 1 is 1.12 bits per heavy atom. The van der Waals surface area contributed by atoms with Gasteiger partial charge in [0.1, 0.15) is 0 Å². The molecular formula is C19H40IN5O. The fourth-order valence-corrected chi connectivity index (χ4v) is 3.73. The summed E-state index contributed by atoms with van der Waals surface area (Å²) in [5.41, 5.74) is 0. The number of ether oxygens (including phenoxy) is 1. The van der Waals surface area contributed by atoms with Gasteiger partial charge >= 0.3 is 0 Å². The molecule has 0 aromatic rings. The summed E-state index contributed by atoms with van der Waals surface area (Å²) < 4.78 is 5.40. The lowest BCUT2D eigenvalue weighted by Crippen LogP contribution is -2.52. The van der Waals surface area contributed by atoms with Crippen LogP contribution in [0.4, 0.5) is 0 Å². The van der Waals surface area contributed by atoms with Gasteiger partial charge in [-0.2, -0.15) is 0 Å². The maximum atomic E-state index is 5.40. The normalized spacial score (nSPS) is 22.1. The van der Waals surface area contributed by atoms with Crippen LogP contribution in [-0.4, -0.2) is 87.9 Å².